The molecule has 5 aliphatic rings. The number of aliphatic hydroxyl groups is 4. The van der Waals surface area contributed by atoms with E-state index in [0.717, 1.165) is 5.57 Å². The van der Waals surface area contributed by atoms with Gasteiger partial charge in [-0.15, -0.1) is 0 Å². The van der Waals surface area contributed by atoms with Gasteiger partial charge in [-0.2, -0.15) is 0 Å². The zero-order valence-corrected chi connectivity index (χ0v) is 21.0. The maximum Gasteiger partial charge on any atom is 0.334 e. The van der Waals surface area contributed by atoms with E-state index in [9.17, 15) is 30.0 Å². The molecule has 0 aromatic heterocycles. The monoisotopic (exact) mass is 486 g/mol. The number of esters is 1. The lowest BCUT2D eigenvalue weighted by Crippen LogP contribution is -2.61. The molecule has 0 bridgehead atoms. The van der Waals surface area contributed by atoms with E-state index < -0.39 is 40.7 Å². The first kappa shape index (κ1) is 24.9. The number of cyclic esters (lactones) is 1. The van der Waals surface area contributed by atoms with Crippen molar-refractivity contribution in [3.8, 4) is 0 Å². The Bertz CT molecular complexity index is 1040. The number of carbonyl (C=O) groups excluding carboxylic acids is 2. The predicted octanol–water partition coefficient (Wildman–Crippen LogP) is 2.23. The van der Waals surface area contributed by atoms with E-state index in [1.54, 1.807) is 19.9 Å². The Morgan fingerprint density at radius 3 is 2.51 bits per heavy atom. The largest absolute Gasteiger partial charge is 0.456 e. The maximum absolute atomic E-state index is 13.2. The minimum Gasteiger partial charge on any atom is -0.456 e. The van der Waals surface area contributed by atoms with Gasteiger partial charge >= 0.3 is 5.97 Å². The molecule has 7 nitrogen and oxygen atoms in total. The number of hydrogen-bond donors (Lipinski definition) is 4. The van der Waals surface area contributed by atoms with E-state index in [4.69, 9.17) is 4.74 Å². The fourth-order valence-electron chi connectivity index (χ4n) is 8.63. The van der Waals surface area contributed by atoms with Crippen molar-refractivity contribution in [2.45, 2.75) is 83.7 Å². The third-order valence-electron chi connectivity index (χ3n) is 10.7. The van der Waals surface area contributed by atoms with E-state index in [-0.39, 0.29) is 36.1 Å². The molecule has 0 aromatic carbocycles. The fraction of sp³-hybridized carbons (Fsp3) is 0.714. The van der Waals surface area contributed by atoms with Gasteiger partial charge < -0.3 is 25.2 Å². The summed E-state index contributed by atoms with van der Waals surface area (Å²) < 4.78 is 5.69. The fourth-order valence-corrected chi connectivity index (χ4v) is 8.63. The molecule has 4 aliphatic carbocycles. The molecule has 192 valence electrons. The predicted molar refractivity (Wildman–Crippen MR) is 128 cm³/mol. The molecule has 1 aliphatic heterocycles. The van der Waals surface area contributed by atoms with Crippen LogP contribution in [-0.4, -0.2) is 62.7 Å². The molecule has 2 fully saturated rings. The van der Waals surface area contributed by atoms with Crippen molar-refractivity contribution >= 4 is 11.8 Å². The lowest BCUT2D eigenvalue weighted by molar-refractivity contribution is -0.192. The summed E-state index contributed by atoms with van der Waals surface area (Å²) in [5.74, 6) is -1.34. The quantitative estimate of drug-likeness (QED) is 0.356. The molecule has 1 heterocycles. The molecule has 4 N–H and O–H groups in total. The third kappa shape index (κ3) is 3.24. The molecular weight excluding hydrogens is 448 g/mol. The van der Waals surface area contributed by atoms with Crippen molar-refractivity contribution in [3.63, 3.8) is 0 Å². The van der Waals surface area contributed by atoms with Crippen LogP contribution in [0, 0.1) is 34.5 Å². The van der Waals surface area contributed by atoms with E-state index in [2.05, 4.69) is 0 Å². The number of hydrogen-bond acceptors (Lipinski definition) is 7. The minimum absolute atomic E-state index is 0.0549. The van der Waals surface area contributed by atoms with Crippen LogP contribution in [0.25, 0.3) is 0 Å². The second-order valence-electron chi connectivity index (χ2n) is 12.1. The SMILES string of the molecule is CC1=C(C)C(=O)O[C@@H]([C@](C)(O)[C@H]2CC[C@H]3[C@@H]4[C@@H](O)C=C5[C@@H](O)C=CC(=O)[C@]5(C)[C@H]4CC[C@]23CO)C1. The van der Waals surface area contributed by atoms with E-state index in [1.165, 1.54) is 12.2 Å². The van der Waals surface area contributed by atoms with Gasteiger partial charge in [0.15, 0.2) is 5.78 Å². The summed E-state index contributed by atoms with van der Waals surface area (Å²) in [4.78, 5) is 25.6. The molecule has 10 atom stereocenters. The van der Waals surface area contributed by atoms with Crippen LogP contribution in [0.3, 0.4) is 0 Å². The highest BCUT2D eigenvalue weighted by molar-refractivity contribution is 5.99. The first-order valence-electron chi connectivity index (χ1n) is 12.9. The molecule has 35 heavy (non-hydrogen) atoms. The van der Waals surface area contributed by atoms with E-state index >= 15 is 0 Å². The second-order valence-corrected chi connectivity index (χ2v) is 12.1. The number of rotatable bonds is 3. The third-order valence-corrected chi connectivity index (χ3v) is 10.7. The molecule has 7 heteroatoms. The molecule has 2 saturated carbocycles. The molecule has 0 unspecified atom stereocenters. The van der Waals surface area contributed by atoms with Crippen LogP contribution < -0.4 is 0 Å². The average Bonchev–Trinajstić information content (AvgIpc) is 3.22. The molecule has 0 radical (unpaired) electrons. The lowest BCUT2D eigenvalue weighted by Gasteiger charge is -2.59. The van der Waals surface area contributed by atoms with Crippen LogP contribution in [0.15, 0.2) is 34.9 Å². The van der Waals surface area contributed by atoms with Crippen LogP contribution in [0.1, 0.15) is 59.8 Å². The van der Waals surface area contributed by atoms with Gasteiger partial charge in [0.1, 0.15) is 11.7 Å². The Morgan fingerprint density at radius 1 is 1.14 bits per heavy atom. The molecule has 0 aromatic rings. The second kappa shape index (κ2) is 8.10. The highest BCUT2D eigenvalue weighted by Gasteiger charge is 2.67. The van der Waals surface area contributed by atoms with Crippen molar-refractivity contribution in [1.29, 1.82) is 0 Å². The average molecular weight is 487 g/mol. The Kier molecular flexibility index (Phi) is 5.76. The Hall–Kier alpha value is -1.80. The summed E-state index contributed by atoms with van der Waals surface area (Å²) in [6.07, 6.45) is 5.11. The highest BCUT2D eigenvalue weighted by atomic mass is 16.6. The standard InChI is InChI=1S/C28H38O7/c1-14-11-23(35-25(33)15(14)2)27(4,34)21-7-5-17-24-16(9-10-28(17,21)13-29)26(3)18(12-20(24)31)19(30)6-8-22(26)32/h6,8,12,16-17,19-21,23-24,29-31,34H,5,7,9-11,13H2,1-4H3/t16-,17-,19-,20-,21+,23+,24+,26+,27+,28+/m0/s1. The lowest BCUT2D eigenvalue weighted by atomic mass is 9.46. The van der Waals surface area contributed by atoms with E-state index in [0.29, 0.717) is 43.3 Å². The first-order chi connectivity index (χ1) is 16.4. The summed E-state index contributed by atoms with van der Waals surface area (Å²) in [5, 5.41) is 44.7. The van der Waals surface area contributed by atoms with Crippen molar-refractivity contribution < 1.29 is 34.8 Å². The molecular formula is C28H38O7. The summed E-state index contributed by atoms with van der Waals surface area (Å²) >= 11 is 0. The number of carbonyl (C=O) groups is 2. The Morgan fingerprint density at radius 2 is 1.86 bits per heavy atom. The summed E-state index contributed by atoms with van der Waals surface area (Å²) in [5.41, 5.74) is -0.851. The molecule has 0 saturated heterocycles. The van der Waals surface area contributed by atoms with Gasteiger partial charge in [0.05, 0.1) is 17.6 Å². The van der Waals surface area contributed by atoms with Gasteiger partial charge in [-0.25, -0.2) is 4.79 Å². The number of aliphatic hydroxyl groups excluding tert-OH is 3. The van der Waals surface area contributed by atoms with Gasteiger partial charge in [-0.3, -0.25) is 4.79 Å². The highest BCUT2D eigenvalue weighted by Crippen LogP contribution is 2.67. The van der Waals surface area contributed by atoms with Crippen molar-refractivity contribution in [2.75, 3.05) is 6.61 Å². The van der Waals surface area contributed by atoms with Crippen LogP contribution in [0.4, 0.5) is 0 Å². The van der Waals surface area contributed by atoms with Crippen molar-refractivity contribution in [1.82, 2.24) is 0 Å². The van der Waals surface area contributed by atoms with Gasteiger partial charge in [0.2, 0.25) is 0 Å². The molecule has 0 spiro atoms. The van der Waals surface area contributed by atoms with Crippen LogP contribution in [-0.2, 0) is 14.3 Å². The topological polar surface area (TPSA) is 124 Å². The zero-order chi connectivity index (χ0) is 25.5. The Balaban J connectivity index is 1.51. The van der Waals surface area contributed by atoms with Gasteiger partial charge in [-0.1, -0.05) is 11.6 Å². The minimum atomic E-state index is -1.36. The van der Waals surface area contributed by atoms with Gasteiger partial charge in [0.25, 0.3) is 0 Å². The van der Waals surface area contributed by atoms with Gasteiger partial charge in [0, 0.05) is 24.0 Å². The molecule has 0 amide bonds. The van der Waals surface area contributed by atoms with Crippen molar-refractivity contribution in [2.24, 2.45) is 34.5 Å². The maximum atomic E-state index is 13.2. The van der Waals surface area contributed by atoms with Crippen molar-refractivity contribution in [3.05, 3.63) is 34.9 Å². The smallest absolute Gasteiger partial charge is 0.334 e. The number of allylic oxidation sites excluding steroid dienone is 1. The van der Waals surface area contributed by atoms with Gasteiger partial charge in [-0.05, 0) is 94.8 Å². The summed E-state index contributed by atoms with van der Waals surface area (Å²) in [6.45, 7) is 7.07. The first-order valence-corrected chi connectivity index (χ1v) is 12.9. The van der Waals surface area contributed by atoms with Crippen LogP contribution in [0.5, 0.6) is 0 Å². The summed E-state index contributed by atoms with van der Waals surface area (Å²) in [6, 6.07) is 0. The Labute approximate surface area is 206 Å². The normalized spacial score (nSPS) is 46.9. The number of fused-ring (bicyclic) bond motifs is 5. The zero-order valence-electron chi connectivity index (χ0n) is 21.0. The van der Waals surface area contributed by atoms with Crippen LogP contribution >= 0.6 is 0 Å². The van der Waals surface area contributed by atoms with E-state index in [1.807, 2.05) is 13.8 Å². The molecule has 5 rings (SSSR count). The summed E-state index contributed by atoms with van der Waals surface area (Å²) in [7, 11) is 0. The number of ether oxygens (including phenoxy) is 1. The number of ketones is 1. The van der Waals surface area contributed by atoms with Crippen LogP contribution in [0.2, 0.25) is 0 Å².